The van der Waals surface area contributed by atoms with Crippen LogP contribution < -0.4 is 20.4 Å². The maximum atomic E-state index is 15.5. The Bertz CT molecular complexity index is 3050. The Morgan fingerprint density at radius 2 is 1.60 bits per heavy atom. The molecule has 8 rings (SSSR count). The summed E-state index contributed by atoms with van der Waals surface area (Å²) in [6, 6.07) is 19.7. The first-order chi connectivity index (χ1) is 35.5. The van der Waals surface area contributed by atoms with Gasteiger partial charge in [-0.15, -0.1) is 11.3 Å². The second-order valence-electron chi connectivity index (χ2n) is 20.3. The molecule has 0 aliphatic carbocycles. The summed E-state index contributed by atoms with van der Waals surface area (Å²) in [5.74, 6) is -3.54. The number of nitrogens with one attached hydrogen (secondary N) is 2. The number of piperazine rings is 1. The molecule has 3 aliphatic heterocycles. The molecule has 392 valence electrons. The van der Waals surface area contributed by atoms with Gasteiger partial charge in [0.15, 0.2) is 10.9 Å². The van der Waals surface area contributed by atoms with Crippen LogP contribution in [0.2, 0.25) is 0 Å². The van der Waals surface area contributed by atoms with Crippen molar-refractivity contribution in [2.24, 2.45) is 5.41 Å². The number of thiazole rings is 1. The number of thiocarbonyl (C=S) groups is 1. The molecule has 3 aromatic carbocycles. The van der Waals surface area contributed by atoms with E-state index in [1.807, 2.05) is 57.5 Å². The lowest BCUT2D eigenvalue weighted by atomic mass is 9.85. The molecule has 2 N–H and O–H groups in total. The molecule has 2 aromatic heterocycles. The summed E-state index contributed by atoms with van der Waals surface area (Å²) < 4.78 is 57.0. The maximum absolute atomic E-state index is 15.5. The fraction of sp³-hybridized carbons (Fsp3) is 0.389. The molecule has 5 aromatic rings. The van der Waals surface area contributed by atoms with Crippen LogP contribution in [0.25, 0.3) is 21.7 Å². The number of rotatable bonds is 13. The molecule has 0 bridgehead atoms. The van der Waals surface area contributed by atoms with E-state index in [1.54, 1.807) is 57.5 Å². The molecule has 3 fully saturated rings. The topological polar surface area (TPSA) is 175 Å². The number of likely N-dealkylation sites (tertiary alicyclic amines) is 1. The van der Waals surface area contributed by atoms with Crippen LogP contribution in [0.5, 0.6) is 0 Å². The fourth-order valence-corrected chi connectivity index (χ4v) is 11.0. The number of carbonyl (C=O) groups excluding carboxylic acids is 5. The van der Waals surface area contributed by atoms with Crippen LogP contribution in [-0.2, 0) is 31.9 Å². The van der Waals surface area contributed by atoms with Crippen molar-refractivity contribution in [1.29, 1.82) is 5.26 Å². The normalized spacial score (nSPS) is 17.5. The van der Waals surface area contributed by atoms with Crippen molar-refractivity contribution in [3.05, 3.63) is 118 Å². The second-order valence-corrected chi connectivity index (χ2v) is 21.6. The summed E-state index contributed by atoms with van der Waals surface area (Å²) in [5.41, 5.74) is 1.18. The number of alkyl halides is 3. The first-order valence-electron chi connectivity index (χ1n) is 24.4. The van der Waals surface area contributed by atoms with Crippen LogP contribution in [0, 0.1) is 29.5 Å². The first-order valence-corrected chi connectivity index (χ1v) is 25.7. The average molecular weight is 1070 g/mol. The predicted octanol–water partition coefficient (Wildman–Crippen LogP) is 8.11. The van der Waals surface area contributed by atoms with E-state index in [4.69, 9.17) is 12.2 Å². The lowest BCUT2D eigenvalue weighted by Crippen LogP contribution is -2.58. The number of nitriles is 1. The standard InChI is InChI=1S/C54H56F4N10O5S2/c1-32-45(75-31-62-32)35-11-9-33(10-12-35)29-61-47(70)41-8-7-22-66(41)49(72)46(52(2,3)4)63-42(69)21-23-64-24-26-65(27-25-64)48(71)36-15-13-34(14-16-36)39-19-18-38(30-60-39)68-51(74)67(50(73)53(68,5)6)40-20-17-37(28-59)43(44(40)55)54(56,57)58/h9-20,30-31,41,46H,7-8,21-27,29H2,1-6H3,(H,61,70)(H,63,69). The van der Waals surface area contributed by atoms with Gasteiger partial charge >= 0.3 is 6.18 Å². The zero-order valence-electron chi connectivity index (χ0n) is 42.3. The summed E-state index contributed by atoms with van der Waals surface area (Å²) >= 11 is 7.13. The molecule has 5 amide bonds. The second kappa shape index (κ2) is 21.6. The number of benzene rings is 3. The SMILES string of the molecule is Cc1ncsc1-c1ccc(CNC(=O)C2CCCN2C(=O)C(NC(=O)CCN2CCN(C(=O)c3ccc(-c4ccc(N5C(=S)N(c6ccc(C#N)c(C(F)(F)F)c6F)C(=O)C5(C)C)cn4)cc3)CC2)C(C)(C)C)cc1. The van der Waals surface area contributed by atoms with Crippen molar-refractivity contribution >= 4 is 69.6 Å². The minimum Gasteiger partial charge on any atom is -0.350 e. The van der Waals surface area contributed by atoms with Crippen molar-refractivity contribution in [3.8, 4) is 27.8 Å². The highest BCUT2D eigenvalue weighted by atomic mass is 32.1. The summed E-state index contributed by atoms with van der Waals surface area (Å²) in [7, 11) is 0. The summed E-state index contributed by atoms with van der Waals surface area (Å²) in [6.45, 7) is 13.7. The van der Waals surface area contributed by atoms with Crippen LogP contribution in [0.3, 0.4) is 0 Å². The Labute approximate surface area is 441 Å². The van der Waals surface area contributed by atoms with E-state index in [0.717, 1.165) is 33.8 Å². The van der Waals surface area contributed by atoms with E-state index < -0.39 is 57.8 Å². The summed E-state index contributed by atoms with van der Waals surface area (Å²) in [5, 5.41) is 14.9. The van der Waals surface area contributed by atoms with E-state index >= 15 is 4.39 Å². The number of halogens is 4. The van der Waals surface area contributed by atoms with Crippen LogP contribution in [0.1, 0.15) is 86.6 Å². The van der Waals surface area contributed by atoms with Crippen molar-refractivity contribution in [3.63, 3.8) is 0 Å². The Kier molecular flexibility index (Phi) is 15.6. The molecular formula is C54H56F4N10O5S2. The Morgan fingerprint density at radius 3 is 2.20 bits per heavy atom. The lowest BCUT2D eigenvalue weighted by Gasteiger charge is -2.36. The van der Waals surface area contributed by atoms with Gasteiger partial charge in [-0.25, -0.2) is 9.37 Å². The van der Waals surface area contributed by atoms with Crippen LogP contribution in [0.15, 0.2) is 84.5 Å². The molecule has 3 saturated heterocycles. The quantitative estimate of drug-likeness (QED) is 0.0861. The highest BCUT2D eigenvalue weighted by Gasteiger charge is 2.52. The Hall–Kier alpha value is -7.15. The van der Waals surface area contributed by atoms with Gasteiger partial charge in [0.2, 0.25) is 17.7 Å². The van der Waals surface area contributed by atoms with Crippen LogP contribution in [0.4, 0.5) is 28.9 Å². The van der Waals surface area contributed by atoms with Gasteiger partial charge < -0.3 is 25.3 Å². The average Bonchev–Trinajstić information content (AvgIpc) is 4.11. The molecule has 75 heavy (non-hydrogen) atoms. The van der Waals surface area contributed by atoms with E-state index in [9.17, 15) is 42.4 Å². The molecule has 15 nitrogen and oxygen atoms in total. The smallest absolute Gasteiger partial charge is 0.350 e. The minimum absolute atomic E-state index is 0.138. The van der Waals surface area contributed by atoms with Crippen molar-refractivity contribution in [2.45, 2.75) is 91.1 Å². The van der Waals surface area contributed by atoms with E-state index in [0.29, 0.717) is 86.1 Å². The highest BCUT2D eigenvalue weighted by molar-refractivity contribution is 7.81. The third-order valence-electron chi connectivity index (χ3n) is 13.9. The number of anilines is 2. The van der Waals surface area contributed by atoms with E-state index in [1.165, 1.54) is 31.0 Å². The van der Waals surface area contributed by atoms with Crippen LogP contribution >= 0.6 is 23.6 Å². The number of aryl methyl sites for hydroxylation is 1. The third-order valence-corrected chi connectivity index (χ3v) is 15.2. The van der Waals surface area contributed by atoms with Crippen molar-refractivity contribution in [2.75, 3.05) is 49.1 Å². The van der Waals surface area contributed by atoms with Gasteiger partial charge in [-0.2, -0.15) is 18.4 Å². The first kappa shape index (κ1) is 54.1. The third kappa shape index (κ3) is 11.3. The number of aromatic nitrogens is 2. The van der Waals surface area contributed by atoms with Gasteiger partial charge in [-0.05, 0) is 98.8 Å². The number of carbonyl (C=O) groups is 5. The molecule has 0 spiro atoms. The van der Waals surface area contributed by atoms with Gasteiger partial charge in [0, 0.05) is 63.4 Å². The number of pyridine rings is 1. The summed E-state index contributed by atoms with van der Waals surface area (Å²) in [6.07, 6.45) is -2.44. The van der Waals surface area contributed by atoms with Crippen molar-refractivity contribution < 1.29 is 41.5 Å². The molecule has 5 heterocycles. The lowest BCUT2D eigenvalue weighted by molar-refractivity contribution is -0.144. The summed E-state index contributed by atoms with van der Waals surface area (Å²) in [4.78, 5) is 85.8. The largest absolute Gasteiger partial charge is 0.420 e. The number of hydrogen-bond acceptors (Lipinski definition) is 11. The maximum Gasteiger partial charge on any atom is 0.420 e. The number of nitrogens with zero attached hydrogens (tertiary/aromatic N) is 8. The molecular weight excluding hydrogens is 1010 g/mol. The van der Waals surface area contributed by atoms with Gasteiger partial charge in [0.25, 0.3) is 11.8 Å². The molecule has 2 unspecified atom stereocenters. The van der Waals surface area contributed by atoms with Gasteiger partial charge in [0.1, 0.15) is 23.2 Å². The van der Waals surface area contributed by atoms with Crippen LogP contribution in [-0.4, -0.2) is 116 Å². The zero-order chi connectivity index (χ0) is 54.1. The van der Waals surface area contributed by atoms with Gasteiger partial charge in [-0.3, -0.25) is 38.8 Å². The molecule has 2 atom stereocenters. The molecule has 3 aliphatic rings. The van der Waals surface area contributed by atoms with E-state index in [-0.39, 0.29) is 35.2 Å². The Morgan fingerprint density at radius 1 is 0.920 bits per heavy atom. The predicted molar refractivity (Wildman–Crippen MR) is 280 cm³/mol. The number of hydrogen-bond donors (Lipinski definition) is 2. The molecule has 21 heteroatoms. The number of amides is 5. The zero-order valence-corrected chi connectivity index (χ0v) is 43.9. The molecule has 0 radical (unpaired) electrons. The van der Waals surface area contributed by atoms with Crippen molar-refractivity contribution in [1.82, 2.24) is 35.3 Å². The Balaban J connectivity index is 0.811. The molecule has 0 saturated carbocycles. The minimum atomic E-state index is -5.21. The highest BCUT2D eigenvalue weighted by Crippen LogP contribution is 2.42. The monoisotopic (exact) mass is 1060 g/mol. The fourth-order valence-electron chi connectivity index (χ4n) is 9.65. The van der Waals surface area contributed by atoms with Gasteiger partial charge in [-0.1, -0.05) is 57.2 Å². The van der Waals surface area contributed by atoms with Gasteiger partial charge in [0.05, 0.1) is 51.0 Å². The van der Waals surface area contributed by atoms with E-state index in [2.05, 4.69) is 25.5 Å².